The monoisotopic (exact) mass is 470 g/mol. The Labute approximate surface area is 200 Å². The number of ether oxygens (including phenoxy) is 2. The number of allylic oxidation sites excluding steroid dienone is 2. The number of nitrogens with zero attached hydrogens (tertiary/aromatic N) is 1. The fraction of sp³-hybridized carbons (Fsp3) is 0.538. The van der Waals surface area contributed by atoms with Crippen molar-refractivity contribution < 1.29 is 24.0 Å². The molecule has 1 aliphatic carbocycles. The third-order valence-electron chi connectivity index (χ3n) is 6.51. The molecule has 1 aromatic rings. The van der Waals surface area contributed by atoms with Crippen molar-refractivity contribution in [2.24, 2.45) is 11.3 Å². The van der Waals surface area contributed by atoms with Crippen molar-refractivity contribution in [1.82, 2.24) is 5.32 Å². The fourth-order valence-electron chi connectivity index (χ4n) is 5.46. The van der Waals surface area contributed by atoms with Gasteiger partial charge in [0.25, 0.3) is 5.69 Å². The molecule has 3 atom stereocenters. The standard InChI is InChI=1S/C26H34N2O6/c1-7-33-24(29)21-16(3)27-17(4)22(23(21)18-9-8-10-19(12-18)28(31)32)25(30)34-20-11-15(2)13-26(5,6)14-20/h8-10,12,15,20,23,27H,7,11,13-14H2,1-6H3. The highest BCUT2D eigenvalue weighted by molar-refractivity contribution is 6.00. The van der Waals surface area contributed by atoms with Gasteiger partial charge in [0.05, 0.1) is 28.6 Å². The van der Waals surface area contributed by atoms with E-state index in [0.29, 0.717) is 22.9 Å². The quantitative estimate of drug-likeness (QED) is 0.348. The van der Waals surface area contributed by atoms with Crippen LogP contribution in [0.1, 0.15) is 72.3 Å². The Hall–Kier alpha value is -3.16. The Morgan fingerprint density at radius 3 is 2.38 bits per heavy atom. The lowest BCUT2D eigenvalue weighted by Crippen LogP contribution is -2.37. The molecule has 0 aromatic heterocycles. The normalized spacial score (nSPS) is 24.4. The zero-order valence-electron chi connectivity index (χ0n) is 20.8. The largest absolute Gasteiger partial charge is 0.463 e. The van der Waals surface area contributed by atoms with E-state index in [1.54, 1.807) is 32.9 Å². The summed E-state index contributed by atoms with van der Waals surface area (Å²) < 4.78 is 11.3. The van der Waals surface area contributed by atoms with Crippen molar-refractivity contribution in [3.8, 4) is 0 Å². The second kappa shape index (κ2) is 9.99. The van der Waals surface area contributed by atoms with Gasteiger partial charge in [0, 0.05) is 23.5 Å². The minimum atomic E-state index is -0.846. The van der Waals surface area contributed by atoms with Gasteiger partial charge >= 0.3 is 11.9 Å². The molecule has 1 N–H and O–H groups in total. The highest BCUT2D eigenvalue weighted by atomic mass is 16.6. The average molecular weight is 471 g/mol. The summed E-state index contributed by atoms with van der Waals surface area (Å²) in [5.41, 5.74) is 2.00. The maximum absolute atomic E-state index is 13.6. The molecule has 3 unspecified atom stereocenters. The number of dihydropyridines is 1. The van der Waals surface area contributed by atoms with Gasteiger partial charge in [-0.05, 0) is 56.9 Å². The van der Waals surface area contributed by atoms with Gasteiger partial charge in [0.15, 0.2) is 0 Å². The van der Waals surface area contributed by atoms with Crippen LogP contribution in [0.15, 0.2) is 46.8 Å². The van der Waals surface area contributed by atoms with Crippen molar-refractivity contribution in [3.63, 3.8) is 0 Å². The van der Waals surface area contributed by atoms with Crippen LogP contribution in [0.2, 0.25) is 0 Å². The predicted molar refractivity (Wildman–Crippen MR) is 128 cm³/mol. The Kier molecular flexibility index (Phi) is 7.48. The molecule has 8 heteroatoms. The predicted octanol–water partition coefficient (Wildman–Crippen LogP) is 5.15. The SMILES string of the molecule is CCOC(=O)C1=C(C)NC(C)=C(C(=O)OC2CC(C)CC(C)(C)C2)C1c1cccc([N+](=O)[O-])c1. The van der Waals surface area contributed by atoms with Crippen LogP contribution in [0.4, 0.5) is 5.69 Å². The van der Waals surface area contributed by atoms with E-state index in [9.17, 15) is 19.7 Å². The van der Waals surface area contributed by atoms with Crippen molar-refractivity contribution in [1.29, 1.82) is 0 Å². The zero-order valence-corrected chi connectivity index (χ0v) is 20.8. The van der Waals surface area contributed by atoms with Crippen molar-refractivity contribution in [2.45, 2.75) is 72.8 Å². The van der Waals surface area contributed by atoms with E-state index < -0.39 is 22.8 Å². The number of esters is 2. The van der Waals surface area contributed by atoms with Gasteiger partial charge in [-0.2, -0.15) is 0 Å². The summed E-state index contributed by atoms with van der Waals surface area (Å²) in [6.07, 6.45) is 2.35. The van der Waals surface area contributed by atoms with E-state index in [1.807, 2.05) is 0 Å². The first-order valence-electron chi connectivity index (χ1n) is 11.7. The number of carbonyl (C=O) groups is 2. The minimum Gasteiger partial charge on any atom is -0.463 e. The van der Waals surface area contributed by atoms with Crippen LogP contribution in [-0.2, 0) is 19.1 Å². The third kappa shape index (κ3) is 5.48. The number of carbonyl (C=O) groups excluding carboxylic acids is 2. The summed E-state index contributed by atoms with van der Waals surface area (Å²) in [6.45, 7) is 11.8. The maximum atomic E-state index is 13.6. The zero-order chi connectivity index (χ0) is 25.2. The summed E-state index contributed by atoms with van der Waals surface area (Å²) >= 11 is 0. The molecule has 1 aliphatic heterocycles. The van der Waals surface area contributed by atoms with Gasteiger partial charge in [0.1, 0.15) is 6.10 Å². The van der Waals surface area contributed by atoms with E-state index in [2.05, 4.69) is 26.1 Å². The molecule has 0 saturated heterocycles. The molecule has 8 nitrogen and oxygen atoms in total. The molecule has 0 amide bonds. The molecule has 1 aromatic carbocycles. The first-order valence-corrected chi connectivity index (χ1v) is 11.7. The number of nitro benzene ring substituents is 1. The third-order valence-corrected chi connectivity index (χ3v) is 6.51. The highest BCUT2D eigenvalue weighted by Crippen LogP contribution is 2.43. The van der Waals surface area contributed by atoms with E-state index in [-0.39, 0.29) is 35.0 Å². The molecular formula is C26H34N2O6. The molecule has 1 heterocycles. The molecule has 0 radical (unpaired) electrons. The van der Waals surface area contributed by atoms with Gasteiger partial charge in [-0.15, -0.1) is 0 Å². The van der Waals surface area contributed by atoms with Crippen LogP contribution in [-0.4, -0.2) is 29.6 Å². The second-order valence-corrected chi connectivity index (χ2v) is 10.1. The number of rotatable bonds is 6. The van der Waals surface area contributed by atoms with Gasteiger partial charge in [-0.25, -0.2) is 9.59 Å². The molecule has 2 aliphatic rings. The van der Waals surface area contributed by atoms with Crippen LogP contribution < -0.4 is 5.32 Å². The number of non-ortho nitro benzene ring substituents is 1. The summed E-state index contributed by atoms with van der Waals surface area (Å²) in [4.78, 5) is 37.5. The second-order valence-electron chi connectivity index (χ2n) is 10.1. The number of nitrogens with one attached hydrogen (secondary N) is 1. The first kappa shape index (κ1) is 25.5. The van der Waals surface area contributed by atoms with Gasteiger partial charge in [0.2, 0.25) is 0 Å². The lowest BCUT2D eigenvalue weighted by Gasteiger charge is -2.39. The Bertz CT molecular complexity index is 1060. The van der Waals surface area contributed by atoms with Crippen LogP contribution in [0.3, 0.4) is 0 Å². The van der Waals surface area contributed by atoms with Gasteiger partial charge < -0.3 is 14.8 Å². The van der Waals surface area contributed by atoms with Crippen LogP contribution in [0.5, 0.6) is 0 Å². The molecule has 1 saturated carbocycles. The molecule has 3 rings (SSSR count). The highest BCUT2D eigenvalue weighted by Gasteiger charge is 2.40. The number of nitro groups is 1. The lowest BCUT2D eigenvalue weighted by atomic mass is 9.71. The molecule has 1 fully saturated rings. The van der Waals surface area contributed by atoms with Gasteiger partial charge in [-0.3, -0.25) is 10.1 Å². The van der Waals surface area contributed by atoms with E-state index in [1.165, 1.54) is 12.1 Å². The summed E-state index contributed by atoms with van der Waals surface area (Å²) in [6, 6.07) is 6.01. The van der Waals surface area contributed by atoms with E-state index in [4.69, 9.17) is 9.47 Å². The minimum absolute atomic E-state index is 0.0584. The average Bonchev–Trinajstić information content (AvgIpc) is 2.71. The molecule has 184 valence electrons. The Morgan fingerprint density at radius 2 is 1.79 bits per heavy atom. The van der Waals surface area contributed by atoms with Crippen LogP contribution in [0, 0.1) is 21.4 Å². The van der Waals surface area contributed by atoms with Crippen LogP contribution in [0.25, 0.3) is 0 Å². The van der Waals surface area contributed by atoms with Crippen molar-refractivity contribution in [2.75, 3.05) is 6.61 Å². The summed E-state index contributed by atoms with van der Waals surface area (Å²) in [5, 5.41) is 14.6. The maximum Gasteiger partial charge on any atom is 0.337 e. The number of hydrogen-bond acceptors (Lipinski definition) is 7. The van der Waals surface area contributed by atoms with Crippen molar-refractivity contribution >= 4 is 17.6 Å². The van der Waals surface area contributed by atoms with E-state index in [0.717, 1.165) is 19.3 Å². The molecule has 0 spiro atoms. The summed E-state index contributed by atoms with van der Waals surface area (Å²) in [7, 11) is 0. The fourth-order valence-corrected chi connectivity index (χ4v) is 5.46. The Balaban J connectivity index is 2.05. The first-order chi connectivity index (χ1) is 15.9. The molecular weight excluding hydrogens is 436 g/mol. The van der Waals surface area contributed by atoms with Crippen molar-refractivity contribution in [3.05, 3.63) is 62.5 Å². The topological polar surface area (TPSA) is 108 Å². The van der Waals surface area contributed by atoms with E-state index >= 15 is 0 Å². The summed E-state index contributed by atoms with van der Waals surface area (Å²) in [5.74, 6) is -1.52. The molecule has 34 heavy (non-hydrogen) atoms. The van der Waals surface area contributed by atoms with Crippen LogP contribution >= 0.6 is 0 Å². The molecule has 0 bridgehead atoms. The number of benzene rings is 1. The lowest BCUT2D eigenvalue weighted by molar-refractivity contribution is -0.384. The smallest absolute Gasteiger partial charge is 0.337 e. The van der Waals surface area contributed by atoms with Gasteiger partial charge in [-0.1, -0.05) is 32.9 Å². The Morgan fingerprint density at radius 1 is 1.15 bits per heavy atom. The number of hydrogen-bond donors (Lipinski definition) is 1.